The lowest BCUT2D eigenvalue weighted by molar-refractivity contribution is -0.143. The van der Waals surface area contributed by atoms with E-state index in [9.17, 15) is 38.7 Å². The zero-order valence-electron chi connectivity index (χ0n) is 33.8. The molecule has 1 aliphatic heterocycles. The van der Waals surface area contributed by atoms with Gasteiger partial charge in [-0.15, -0.1) is 0 Å². The van der Waals surface area contributed by atoms with Gasteiger partial charge in [0, 0.05) is 67.4 Å². The van der Waals surface area contributed by atoms with Crippen molar-refractivity contribution >= 4 is 52.3 Å². The highest BCUT2D eigenvalue weighted by atomic mass is 16.4. The fraction of sp³-hybridized carbons (Fsp3) is 0.525. The standard InChI is InChI=1S/C40H57N7O8/c1-23(2)29(20-24(3)35(51)43-27(38(54)55)21-30(48)42-18-19-47-31(49)16-17-32(47)50)46(11)37(53)34(39(4,5)6)44-36(52)33(41-9)40(7,8)26-22-45(10)28-15-13-12-14-25(26)28/h12-17,20,22-23,27,29,33-34,41H,18-19,21H2,1-11H3,(H,42,48)(H,43,51)(H,44,52)(H,54,55)/b24-20+/t27-,29-,33-,34-/m1/s1. The molecular formula is C40H57N7O8. The predicted molar refractivity (Wildman–Crippen MR) is 208 cm³/mol. The fourth-order valence-corrected chi connectivity index (χ4v) is 6.83. The van der Waals surface area contributed by atoms with E-state index in [1.807, 2.05) is 90.5 Å². The number of carbonyl (C=O) groups excluding carboxylic acids is 6. The number of carboxylic acid groups (broad SMARTS) is 1. The van der Waals surface area contributed by atoms with Crippen molar-refractivity contribution in [2.45, 2.75) is 91.4 Å². The van der Waals surface area contributed by atoms with Gasteiger partial charge < -0.3 is 35.8 Å². The molecule has 0 radical (unpaired) electrons. The quantitative estimate of drug-likeness (QED) is 0.118. The molecule has 1 aliphatic rings. The number of carbonyl (C=O) groups is 7. The molecule has 2 aromatic rings. The lowest BCUT2D eigenvalue weighted by atomic mass is 9.76. The molecule has 5 N–H and O–H groups in total. The molecule has 0 saturated heterocycles. The maximum absolute atomic E-state index is 14.3. The molecule has 3 rings (SSSR count). The van der Waals surface area contributed by atoms with Crippen LogP contribution in [0.15, 0.2) is 54.3 Å². The second-order valence-corrected chi connectivity index (χ2v) is 16.0. The minimum atomic E-state index is -1.58. The zero-order chi connectivity index (χ0) is 41.6. The van der Waals surface area contributed by atoms with E-state index in [0.717, 1.165) is 33.5 Å². The normalized spacial score (nSPS) is 15.9. The van der Waals surface area contributed by atoms with Crippen LogP contribution in [0.1, 0.15) is 67.4 Å². The van der Waals surface area contributed by atoms with E-state index < -0.39 is 71.0 Å². The topological polar surface area (TPSA) is 199 Å². The second-order valence-electron chi connectivity index (χ2n) is 16.0. The molecule has 15 nitrogen and oxygen atoms in total. The summed E-state index contributed by atoms with van der Waals surface area (Å²) < 4.78 is 2.03. The van der Waals surface area contributed by atoms with E-state index in [1.165, 1.54) is 11.8 Å². The summed E-state index contributed by atoms with van der Waals surface area (Å²) in [6.45, 7) is 14.6. The number of nitrogens with zero attached hydrogens (tertiary/aromatic N) is 3. The third kappa shape index (κ3) is 10.5. The van der Waals surface area contributed by atoms with E-state index in [0.29, 0.717) is 0 Å². The summed E-state index contributed by atoms with van der Waals surface area (Å²) in [6.07, 6.45) is 5.22. The Morgan fingerprint density at radius 1 is 0.945 bits per heavy atom. The van der Waals surface area contributed by atoms with Crippen molar-refractivity contribution in [2.75, 3.05) is 27.2 Å². The molecule has 0 fully saturated rings. The molecule has 0 spiro atoms. The highest BCUT2D eigenvalue weighted by Crippen LogP contribution is 2.35. The lowest BCUT2D eigenvalue weighted by Gasteiger charge is -2.39. The molecule has 1 aromatic heterocycles. The predicted octanol–water partition coefficient (Wildman–Crippen LogP) is 2.00. The highest BCUT2D eigenvalue weighted by molar-refractivity contribution is 6.12. The van der Waals surface area contributed by atoms with Gasteiger partial charge in [0.25, 0.3) is 11.8 Å². The SMILES string of the molecule is CN[C@H](C(=O)N[C@H](C(=O)N(C)[C@H](/C=C(\C)C(=O)N[C@H](CC(=O)NCCN1C(=O)C=CC1=O)C(=O)O)C(C)C)C(C)(C)C)C(C)(C)c1cn(C)c2ccccc12. The van der Waals surface area contributed by atoms with Gasteiger partial charge in [-0.25, -0.2) is 4.79 Å². The molecular weight excluding hydrogens is 706 g/mol. The Morgan fingerprint density at radius 3 is 2.09 bits per heavy atom. The summed E-state index contributed by atoms with van der Waals surface area (Å²) >= 11 is 0. The number of aryl methyl sites for hydroxylation is 1. The van der Waals surface area contributed by atoms with Crippen LogP contribution in [0.3, 0.4) is 0 Å². The summed E-state index contributed by atoms with van der Waals surface area (Å²) in [5, 5.41) is 21.9. The van der Waals surface area contributed by atoms with Crippen molar-refractivity contribution in [1.82, 2.24) is 35.6 Å². The number of rotatable bonds is 17. The van der Waals surface area contributed by atoms with Gasteiger partial charge in [0.05, 0.1) is 18.5 Å². The van der Waals surface area contributed by atoms with Gasteiger partial charge in [0.15, 0.2) is 0 Å². The number of hydrogen-bond acceptors (Lipinski definition) is 8. The molecule has 300 valence electrons. The number of likely N-dealkylation sites (N-methyl/N-ethyl adjacent to an activating group) is 2. The Labute approximate surface area is 322 Å². The Balaban J connectivity index is 1.75. The van der Waals surface area contributed by atoms with Crippen LogP contribution in [0.4, 0.5) is 0 Å². The molecule has 55 heavy (non-hydrogen) atoms. The first-order valence-electron chi connectivity index (χ1n) is 18.3. The number of benzene rings is 1. The highest BCUT2D eigenvalue weighted by Gasteiger charge is 2.42. The first kappa shape index (κ1) is 44.1. The van der Waals surface area contributed by atoms with Crippen LogP contribution in [-0.2, 0) is 46.0 Å². The number of hydrogen-bond donors (Lipinski definition) is 5. The maximum atomic E-state index is 14.3. The number of aromatic nitrogens is 1. The van der Waals surface area contributed by atoms with Gasteiger partial charge in [0.2, 0.25) is 23.6 Å². The Hall–Kier alpha value is -5.31. The average Bonchev–Trinajstić information content (AvgIpc) is 3.62. The number of aliphatic carboxylic acids is 1. The van der Waals surface area contributed by atoms with E-state index in [-0.39, 0.29) is 36.4 Å². The molecule has 1 aromatic carbocycles. The molecule has 6 amide bonds. The van der Waals surface area contributed by atoms with Gasteiger partial charge in [-0.3, -0.25) is 33.7 Å². The van der Waals surface area contributed by atoms with E-state index in [1.54, 1.807) is 20.2 Å². The first-order chi connectivity index (χ1) is 25.5. The lowest BCUT2D eigenvalue weighted by Crippen LogP contribution is -2.61. The van der Waals surface area contributed by atoms with Gasteiger partial charge in [-0.05, 0) is 36.9 Å². The van der Waals surface area contributed by atoms with Crippen molar-refractivity contribution in [3.8, 4) is 0 Å². The minimum absolute atomic E-state index is 0.0932. The van der Waals surface area contributed by atoms with Crippen LogP contribution in [0, 0.1) is 11.3 Å². The Kier molecular flexibility index (Phi) is 14.3. The summed E-state index contributed by atoms with van der Waals surface area (Å²) in [4.78, 5) is 92.1. The zero-order valence-corrected chi connectivity index (χ0v) is 33.8. The summed E-state index contributed by atoms with van der Waals surface area (Å²) in [5.74, 6) is -4.85. The largest absolute Gasteiger partial charge is 0.480 e. The molecule has 0 bridgehead atoms. The number of imide groups is 1. The fourth-order valence-electron chi connectivity index (χ4n) is 6.83. The number of carboxylic acids is 1. The summed E-state index contributed by atoms with van der Waals surface area (Å²) in [7, 11) is 5.27. The monoisotopic (exact) mass is 763 g/mol. The van der Waals surface area contributed by atoms with Crippen molar-refractivity contribution in [1.29, 1.82) is 0 Å². The van der Waals surface area contributed by atoms with E-state index >= 15 is 0 Å². The number of nitrogens with one attached hydrogen (secondary N) is 4. The van der Waals surface area contributed by atoms with Crippen LogP contribution >= 0.6 is 0 Å². The summed E-state index contributed by atoms with van der Waals surface area (Å²) in [6, 6.07) is 4.09. The van der Waals surface area contributed by atoms with Crippen molar-refractivity contribution in [3.05, 3.63) is 59.8 Å². The van der Waals surface area contributed by atoms with Gasteiger partial charge >= 0.3 is 5.97 Å². The van der Waals surface area contributed by atoms with Crippen LogP contribution in [0.2, 0.25) is 0 Å². The Morgan fingerprint density at radius 2 is 1.55 bits per heavy atom. The van der Waals surface area contributed by atoms with Gasteiger partial charge in [-0.2, -0.15) is 0 Å². The third-order valence-corrected chi connectivity index (χ3v) is 10.1. The van der Waals surface area contributed by atoms with Crippen molar-refractivity contribution < 1.29 is 38.7 Å². The molecule has 0 aliphatic carbocycles. The van der Waals surface area contributed by atoms with Crippen LogP contribution in [0.25, 0.3) is 10.9 Å². The number of amides is 6. The average molecular weight is 764 g/mol. The molecule has 2 heterocycles. The summed E-state index contributed by atoms with van der Waals surface area (Å²) in [5.41, 5.74) is 0.724. The number of para-hydroxylation sites is 1. The second kappa shape index (κ2) is 17.9. The first-order valence-corrected chi connectivity index (χ1v) is 18.3. The maximum Gasteiger partial charge on any atom is 0.326 e. The van der Waals surface area contributed by atoms with Gasteiger partial charge in [0.1, 0.15) is 12.1 Å². The van der Waals surface area contributed by atoms with Crippen LogP contribution < -0.4 is 21.3 Å². The molecule has 0 saturated carbocycles. The van der Waals surface area contributed by atoms with Crippen molar-refractivity contribution in [3.63, 3.8) is 0 Å². The number of fused-ring (bicyclic) bond motifs is 1. The van der Waals surface area contributed by atoms with E-state index in [2.05, 4.69) is 21.3 Å². The third-order valence-electron chi connectivity index (χ3n) is 10.1. The van der Waals surface area contributed by atoms with Crippen molar-refractivity contribution in [2.24, 2.45) is 18.4 Å². The molecule has 15 heteroatoms. The smallest absolute Gasteiger partial charge is 0.326 e. The van der Waals surface area contributed by atoms with Crippen LogP contribution in [0.5, 0.6) is 0 Å². The van der Waals surface area contributed by atoms with Gasteiger partial charge in [-0.1, -0.05) is 72.7 Å². The van der Waals surface area contributed by atoms with E-state index in [4.69, 9.17) is 0 Å². The molecule has 0 unspecified atom stereocenters. The van der Waals surface area contributed by atoms with Crippen LogP contribution in [-0.4, -0.2) is 112 Å². The Bertz CT molecular complexity index is 1850. The molecule has 4 atom stereocenters. The minimum Gasteiger partial charge on any atom is -0.480 e.